The summed E-state index contributed by atoms with van der Waals surface area (Å²) in [5.74, 6) is -0.979. The maximum atomic E-state index is 13.0. The van der Waals surface area contributed by atoms with Gasteiger partial charge in [-0.1, -0.05) is 6.08 Å². The van der Waals surface area contributed by atoms with E-state index in [-0.39, 0.29) is 12.2 Å². The fourth-order valence-electron chi connectivity index (χ4n) is 0.936. The van der Waals surface area contributed by atoms with E-state index in [1.165, 1.54) is 6.08 Å². The van der Waals surface area contributed by atoms with Crippen LogP contribution in [0.15, 0.2) is 23.8 Å². The van der Waals surface area contributed by atoms with Crippen molar-refractivity contribution in [1.29, 1.82) is 0 Å². The molecule has 0 spiro atoms. The van der Waals surface area contributed by atoms with Crippen LogP contribution in [0, 0.1) is 11.6 Å². The van der Waals surface area contributed by atoms with Gasteiger partial charge in [0.05, 0.1) is 6.61 Å². The number of aliphatic hydroxyl groups excluding tert-OH is 1. The molecular formula is C10H10F2O. The second-order valence-electron chi connectivity index (χ2n) is 2.81. The summed E-state index contributed by atoms with van der Waals surface area (Å²) in [6.45, 7) is 1.49. The molecule has 0 saturated heterocycles. The van der Waals surface area contributed by atoms with Crippen molar-refractivity contribution in [3.05, 3.63) is 41.0 Å². The van der Waals surface area contributed by atoms with E-state index in [1.54, 1.807) is 6.92 Å². The second-order valence-corrected chi connectivity index (χ2v) is 2.81. The number of rotatable bonds is 2. The van der Waals surface area contributed by atoms with Crippen molar-refractivity contribution in [2.75, 3.05) is 6.61 Å². The summed E-state index contributed by atoms with van der Waals surface area (Å²) in [6, 6.07) is 3.21. The Balaban J connectivity index is 3.07. The summed E-state index contributed by atoms with van der Waals surface area (Å²) in [4.78, 5) is 0. The average molecular weight is 184 g/mol. The second kappa shape index (κ2) is 4.14. The molecule has 1 nitrogen and oxygen atoms in total. The Morgan fingerprint density at radius 3 is 2.77 bits per heavy atom. The number of hydrogen-bond donors (Lipinski definition) is 1. The van der Waals surface area contributed by atoms with E-state index in [4.69, 9.17) is 5.11 Å². The summed E-state index contributed by atoms with van der Waals surface area (Å²) >= 11 is 0. The summed E-state index contributed by atoms with van der Waals surface area (Å²) in [5, 5.41) is 8.67. The number of halogens is 2. The highest BCUT2D eigenvalue weighted by molar-refractivity contribution is 5.53. The molecule has 0 aromatic heterocycles. The number of hydrogen-bond acceptors (Lipinski definition) is 1. The van der Waals surface area contributed by atoms with Gasteiger partial charge in [-0.2, -0.15) is 0 Å². The first-order valence-corrected chi connectivity index (χ1v) is 3.86. The van der Waals surface area contributed by atoms with E-state index in [0.717, 1.165) is 18.2 Å². The highest BCUT2D eigenvalue weighted by atomic mass is 19.1. The van der Waals surface area contributed by atoms with Gasteiger partial charge in [0, 0.05) is 5.56 Å². The van der Waals surface area contributed by atoms with E-state index in [9.17, 15) is 8.78 Å². The summed E-state index contributed by atoms with van der Waals surface area (Å²) in [7, 11) is 0. The molecule has 0 amide bonds. The lowest BCUT2D eigenvalue weighted by molar-refractivity contribution is 0.332. The van der Waals surface area contributed by atoms with E-state index in [1.807, 2.05) is 0 Å². The van der Waals surface area contributed by atoms with Crippen LogP contribution in [0.4, 0.5) is 8.78 Å². The first-order valence-electron chi connectivity index (χ1n) is 3.86. The molecular weight excluding hydrogens is 174 g/mol. The SMILES string of the molecule is CC(=Cc1cc(F)ccc1F)CO. The van der Waals surface area contributed by atoms with Crippen LogP contribution >= 0.6 is 0 Å². The largest absolute Gasteiger partial charge is 0.392 e. The van der Waals surface area contributed by atoms with Crippen molar-refractivity contribution in [1.82, 2.24) is 0 Å². The molecule has 0 saturated carbocycles. The van der Waals surface area contributed by atoms with Crippen molar-refractivity contribution in [3.8, 4) is 0 Å². The van der Waals surface area contributed by atoms with Crippen LogP contribution in [0.2, 0.25) is 0 Å². The molecule has 0 aliphatic carbocycles. The van der Waals surface area contributed by atoms with Gasteiger partial charge < -0.3 is 5.11 Å². The summed E-state index contributed by atoms with van der Waals surface area (Å²) < 4.78 is 25.6. The van der Waals surface area contributed by atoms with Crippen LogP contribution in [0.25, 0.3) is 6.08 Å². The lowest BCUT2D eigenvalue weighted by Crippen LogP contribution is -1.88. The van der Waals surface area contributed by atoms with E-state index in [0.29, 0.717) is 5.57 Å². The molecule has 0 heterocycles. The Hall–Kier alpha value is -1.22. The van der Waals surface area contributed by atoms with Gasteiger partial charge in [0.25, 0.3) is 0 Å². The zero-order valence-electron chi connectivity index (χ0n) is 7.22. The fourth-order valence-corrected chi connectivity index (χ4v) is 0.936. The van der Waals surface area contributed by atoms with Gasteiger partial charge in [-0.05, 0) is 30.7 Å². The lowest BCUT2D eigenvalue weighted by atomic mass is 10.1. The maximum absolute atomic E-state index is 13.0. The van der Waals surface area contributed by atoms with E-state index in [2.05, 4.69) is 0 Å². The van der Waals surface area contributed by atoms with Crippen LogP contribution in [0.3, 0.4) is 0 Å². The quantitative estimate of drug-likeness (QED) is 0.748. The molecule has 13 heavy (non-hydrogen) atoms. The molecule has 0 fully saturated rings. The van der Waals surface area contributed by atoms with Gasteiger partial charge in [-0.25, -0.2) is 8.78 Å². The first kappa shape index (κ1) is 9.86. The minimum Gasteiger partial charge on any atom is -0.392 e. The van der Waals surface area contributed by atoms with Crippen molar-refractivity contribution in [3.63, 3.8) is 0 Å². The van der Waals surface area contributed by atoms with Gasteiger partial charge in [-0.15, -0.1) is 0 Å². The molecule has 1 aromatic carbocycles. The van der Waals surface area contributed by atoms with Crippen molar-refractivity contribution < 1.29 is 13.9 Å². The Morgan fingerprint density at radius 2 is 2.15 bits per heavy atom. The maximum Gasteiger partial charge on any atom is 0.130 e. The van der Waals surface area contributed by atoms with Crippen LogP contribution < -0.4 is 0 Å². The zero-order chi connectivity index (χ0) is 9.84. The fraction of sp³-hybridized carbons (Fsp3) is 0.200. The third-order valence-electron chi connectivity index (χ3n) is 1.61. The van der Waals surface area contributed by atoms with Gasteiger partial charge in [-0.3, -0.25) is 0 Å². The van der Waals surface area contributed by atoms with Crippen LogP contribution in [-0.2, 0) is 0 Å². The molecule has 0 atom stereocenters. The Bertz CT molecular complexity index is 332. The third kappa shape index (κ3) is 2.63. The highest BCUT2D eigenvalue weighted by Crippen LogP contribution is 2.13. The van der Waals surface area contributed by atoms with E-state index >= 15 is 0 Å². The normalized spacial score (nSPS) is 11.8. The molecule has 1 rings (SSSR count). The smallest absolute Gasteiger partial charge is 0.130 e. The topological polar surface area (TPSA) is 20.2 Å². The first-order chi connectivity index (χ1) is 6.13. The third-order valence-corrected chi connectivity index (χ3v) is 1.61. The zero-order valence-corrected chi connectivity index (χ0v) is 7.22. The van der Waals surface area contributed by atoms with Crippen molar-refractivity contribution >= 4 is 6.08 Å². The number of aliphatic hydroxyl groups is 1. The predicted molar refractivity (Wildman–Crippen MR) is 47.1 cm³/mol. The van der Waals surface area contributed by atoms with E-state index < -0.39 is 11.6 Å². The average Bonchev–Trinajstić information content (AvgIpc) is 2.11. The van der Waals surface area contributed by atoms with Gasteiger partial charge in [0.2, 0.25) is 0 Å². The van der Waals surface area contributed by atoms with Gasteiger partial charge >= 0.3 is 0 Å². The molecule has 0 aliphatic heterocycles. The Kier molecular flexibility index (Phi) is 3.14. The molecule has 70 valence electrons. The van der Waals surface area contributed by atoms with Crippen LogP contribution in [-0.4, -0.2) is 11.7 Å². The van der Waals surface area contributed by atoms with Crippen molar-refractivity contribution in [2.45, 2.75) is 6.92 Å². The van der Waals surface area contributed by atoms with Crippen molar-refractivity contribution in [2.24, 2.45) is 0 Å². The Morgan fingerprint density at radius 1 is 1.46 bits per heavy atom. The van der Waals surface area contributed by atoms with Gasteiger partial charge in [0.1, 0.15) is 11.6 Å². The monoisotopic (exact) mass is 184 g/mol. The molecule has 0 bridgehead atoms. The molecule has 0 unspecified atom stereocenters. The predicted octanol–water partition coefficient (Wildman–Crippen LogP) is 2.36. The molecule has 1 N–H and O–H groups in total. The summed E-state index contributed by atoms with van der Waals surface area (Å²) in [5.41, 5.74) is 0.746. The molecule has 1 aromatic rings. The molecule has 0 aliphatic rings. The lowest BCUT2D eigenvalue weighted by Gasteiger charge is -1.99. The van der Waals surface area contributed by atoms with Crippen LogP contribution in [0.5, 0.6) is 0 Å². The minimum atomic E-state index is -0.491. The Labute approximate surface area is 75.3 Å². The highest BCUT2D eigenvalue weighted by Gasteiger charge is 2.00. The van der Waals surface area contributed by atoms with Gasteiger partial charge in [0.15, 0.2) is 0 Å². The minimum absolute atomic E-state index is 0.157. The number of benzene rings is 1. The molecule has 0 radical (unpaired) electrons. The standard InChI is InChI=1S/C10H10F2O/c1-7(6-13)4-8-5-9(11)2-3-10(8)12/h2-5,13H,6H2,1H3. The summed E-state index contributed by atoms with van der Waals surface area (Å²) in [6.07, 6.45) is 1.42. The molecule has 3 heteroatoms. The van der Waals surface area contributed by atoms with Crippen LogP contribution in [0.1, 0.15) is 12.5 Å².